The monoisotopic (exact) mass is 185 g/mol. The third-order valence-corrected chi connectivity index (χ3v) is 2.58. The molecule has 4 heteroatoms. The van der Waals surface area contributed by atoms with Crippen molar-refractivity contribution < 1.29 is 4.79 Å². The molecule has 0 radical (unpaired) electrons. The van der Waals surface area contributed by atoms with E-state index in [0.29, 0.717) is 6.54 Å². The summed E-state index contributed by atoms with van der Waals surface area (Å²) in [5, 5.41) is 2.97. The number of hydrogen-bond acceptors (Lipinski definition) is 3. The van der Waals surface area contributed by atoms with Crippen LogP contribution in [0.4, 0.5) is 0 Å². The van der Waals surface area contributed by atoms with Gasteiger partial charge in [-0.1, -0.05) is 0 Å². The van der Waals surface area contributed by atoms with Gasteiger partial charge in [0.05, 0.1) is 6.04 Å². The van der Waals surface area contributed by atoms with E-state index in [4.69, 9.17) is 5.73 Å². The van der Waals surface area contributed by atoms with Gasteiger partial charge in [0.25, 0.3) is 0 Å². The highest BCUT2D eigenvalue weighted by atomic mass is 16.2. The summed E-state index contributed by atoms with van der Waals surface area (Å²) >= 11 is 0. The van der Waals surface area contributed by atoms with E-state index < -0.39 is 0 Å². The van der Waals surface area contributed by atoms with Gasteiger partial charge >= 0.3 is 0 Å². The van der Waals surface area contributed by atoms with E-state index in [0.717, 1.165) is 19.4 Å². The Labute approximate surface area is 79.5 Å². The van der Waals surface area contributed by atoms with Crippen molar-refractivity contribution in [2.24, 2.45) is 5.73 Å². The molecule has 13 heavy (non-hydrogen) atoms. The minimum atomic E-state index is -0.0325. The molecule has 0 saturated carbocycles. The topological polar surface area (TPSA) is 58.4 Å². The lowest BCUT2D eigenvalue weighted by Crippen LogP contribution is -2.44. The lowest BCUT2D eigenvalue weighted by molar-refractivity contribution is -0.125. The van der Waals surface area contributed by atoms with E-state index in [1.165, 1.54) is 0 Å². The minimum absolute atomic E-state index is 0.0325. The largest absolute Gasteiger partial charge is 0.352 e. The maximum atomic E-state index is 11.6. The van der Waals surface area contributed by atoms with Gasteiger partial charge in [-0.2, -0.15) is 0 Å². The van der Waals surface area contributed by atoms with Gasteiger partial charge in [-0.15, -0.1) is 0 Å². The molecule has 4 nitrogen and oxygen atoms in total. The predicted octanol–water partition coefficient (Wildman–Crippen LogP) is -0.456. The summed E-state index contributed by atoms with van der Waals surface area (Å²) < 4.78 is 0. The van der Waals surface area contributed by atoms with Crippen molar-refractivity contribution >= 4 is 5.91 Å². The van der Waals surface area contributed by atoms with Crippen LogP contribution in [0.2, 0.25) is 0 Å². The highest BCUT2D eigenvalue weighted by molar-refractivity contribution is 5.82. The Bertz CT molecular complexity index is 184. The first-order chi connectivity index (χ1) is 6.15. The molecule has 2 unspecified atom stereocenters. The maximum Gasteiger partial charge on any atom is 0.237 e. The summed E-state index contributed by atoms with van der Waals surface area (Å²) in [6, 6.07) is 0.257. The quantitative estimate of drug-likeness (QED) is 0.612. The lowest BCUT2D eigenvalue weighted by atomic mass is 10.2. The zero-order chi connectivity index (χ0) is 9.84. The summed E-state index contributed by atoms with van der Waals surface area (Å²) in [5.74, 6) is 0.123. The summed E-state index contributed by atoms with van der Waals surface area (Å²) in [6.07, 6.45) is 1.76. The molecule has 1 aliphatic heterocycles. The smallest absolute Gasteiger partial charge is 0.237 e. The third-order valence-electron chi connectivity index (χ3n) is 2.58. The average Bonchev–Trinajstić information content (AvgIpc) is 2.19. The number of rotatable bonds is 2. The Balaban J connectivity index is 2.61. The number of likely N-dealkylation sites (N-methyl/N-ethyl adjacent to an activating group) is 1. The van der Waals surface area contributed by atoms with Crippen molar-refractivity contribution in [3.63, 3.8) is 0 Å². The van der Waals surface area contributed by atoms with E-state index >= 15 is 0 Å². The number of amides is 1. The van der Waals surface area contributed by atoms with Gasteiger partial charge in [0.15, 0.2) is 0 Å². The molecule has 3 N–H and O–H groups in total. The van der Waals surface area contributed by atoms with E-state index in [2.05, 4.69) is 10.2 Å². The fraction of sp³-hybridized carbons (Fsp3) is 0.889. The molecule has 76 valence electrons. The zero-order valence-corrected chi connectivity index (χ0v) is 8.42. The highest BCUT2D eigenvalue weighted by Crippen LogP contribution is 2.08. The van der Waals surface area contributed by atoms with Gasteiger partial charge in [0.2, 0.25) is 5.91 Å². The highest BCUT2D eigenvalue weighted by Gasteiger charge is 2.26. The van der Waals surface area contributed by atoms with E-state index in [-0.39, 0.29) is 18.0 Å². The molecule has 1 amide bonds. The van der Waals surface area contributed by atoms with Crippen LogP contribution in [0.15, 0.2) is 0 Å². The molecule has 0 aromatic carbocycles. The number of hydrogen-bond donors (Lipinski definition) is 2. The standard InChI is InChI=1S/C9H19N3O/c1-7-4-6-12(2)8(3-5-10)9(13)11-7/h7-8H,3-6,10H2,1-2H3,(H,11,13). The number of nitrogens with one attached hydrogen (secondary N) is 1. The van der Waals surface area contributed by atoms with Gasteiger partial charge in [-0.05, 0) is 33.4 Å². The molecule has 0 aromatic rings. The van der Waals surface area contributed by atoms with Gasteiger partial charge < -0.3 is 11.1 Å². The SMILES string of the molecule is CC1CCN(C)C(CCN)C(=O)N1. The summed E-state index contributed by atoms with van der Waals surface area (Å²) in [6.45, 7) is 3.57. The van der Waals surface area contributed by atoms with Crippen LogP contribution in [-0.2, 0) is 4.79 Å². The Morgan fingerprint density at radius 3 is 3.00 bits per heavy atom. The first kappa shape index (κ1) is 10.5. The van der Waals surface area contributed by atoms with E-state index in [1.54, 1.807) is 0 Å². The summed E-state index contributed by atoms with van der Waals surface area (Å²) in [4.78, 5) is 13.7. The van der Waals surface area contributed by atoms with Gasteiger partial charge in [-0.3, -0.25) is 9.69 Å². The van der Waals surface area contributed by atoms with Crippen molar-refractivity contribution in [2.45, 2.75) is 31.8 Å². The average molecular weight is 185 g/mol. The van der Waals surface area contributed by atoms with Crippen LogP contribution in [0.25, 0.3) is 0 Å². The fourth-order valence-electron chi connectivity index (χ4n) is 1.67. The van der Waals surface area contributed by atoms with Gasteiger partial charge in [0.1, 0.15) is 0 Å². The summed E-state index contributed by atoms with van der Waals surface area (Å²) in [5.41, 5.74) is 5.46. The maximum absolute atomic E-state index is 11.6. The molecule has 0 spiro atoms. The zero-order valence-electron chi connectivity index (χ0n) is 8.42. The molecule has 1 heterocycles. The first-order valence-corrected chi connectivity index (χ1v) is 4.86. The molecular formula is C9H19N3O. The third kappa shape index (κ3) is 2.67. The van der Waals surface area contributed by atoms with E-state index in [9.17, 15) is 4.79 Å². The Morgan fingerprint density at radius 2 is 2.38 bits per heavy atom. The number of nitrogens with two attached hydrogens (primary N) is 1. The fourth-order valence-corrected chi connectivity index (χ4v) is 1.67. The van der Waals surface area contributed by atoms with Crippen LogP contribution < -0.4 is 11.1 Å². The molecule has 0 bridgehead atoms. The lowest BCUT2D eigenvalue weighted by Gasteiger charge is -2.22. The van der Waals surface area contributed by atoms with Crippen LogP contribution in [0.1, 0.15) is 19.8 Å². The predicted molar refractivity (Wildman–Crippen MR) is 52.3 cm³/mol. The molecule has 2 atom stereocenters. The molecular weight excluding hydrogens is 166 g/mol. The Kier molecular flexibility index (Phi) is 3.69. The number of carbonyl (C=O) groups is 1. The Morgan fingerprint density at radius 1 is 1.69 bits per heavy atom. The second-order valence-corrected chi connectivity index (χ2v) is 3.77. The number of carbonyl (C=O) groups excluding carboxylic acids is 1. The molecule has 1 aliphatic rings. The summed E-state index contributed by atoms with van der Waals surface area (Å²) in [7, 11) is 1.98. The first-order valence-electron chi connectivity index (χ1n) is 4.86. The molecule has 1 rings (SSSR count). The van der Waals surface area contributed by atoms with Crippen LogP contribution in [0, 0.1) is 0 Å². The normalized spacial score (nSPS) is 31.2. The van der Waals surface area contributed by atoms with Gasteiger partial charge in [0, 0.05) is 12.6 Å². The molecule has 1 saturated heterocycles. The number of nitrogens with zero attached hydrogens (tertiary/aromatic N) is 1. The van der Waals surface area contributed by atoms with Crippen LogP contribution in [-0.4, -0.2) is 43.0 Å². The van der Waals surface area contributed by atoms with Crippen molar-refractivity contribution in [3.8, 4) is 0 Å². The van der Waals surface area contributed by atoms with Crippen molar-refractivity contribution in [1.82, 2.24) is 10.2 Å². The van der Waals surface area contributed by atoms with Crippen LogP contribution >= 0.6 is 0 Å². The van der Waals surface area contributed by atoms with E-state index in [1.807, 2.05) is 14.0 Å². The Hall–Kier alpha value is -0.610. The molecule has 0 aliphatic carbocycles. The van der Waals surface area contributed by atoms with Crippen LogP contribution in [0.3, 0.4) is 0 Å². The second-order valence-electron chi connectivity index (χ2n) is 3.77. The molecule has 0 aromatic heterocycles. The van der Waals surface area contributed by atoms with Crippen LogP contribution in [0.5, 0.6) is 0 Å². The van der Waals surface area contributed by atoms with Crippen molar-refractivity contribution in [2.75, 3.05) is 20.1 Å². The van der Waals surface area contributed by atoms with Crippen molar-refractivity contribution in [3.05, 3.63) is 0 Å². The minimum Gasteiger partial charge on any atom is -0.352 e. The second kappa shape index (κ2) is 4.58. The van der Waals surface area contributed by atoms with Gasteiger partial charge in [-0.25, -0.2) is 0 Å². The molecule has 1 fully saturated rings. The van der Waals surface area contributed by atoms with Crippen molar-refractivity contribution in [1.29, 1.82) is 0 Å².